The van der Waals surface area contributed by atoms with Gasteiger partial charge in [-0.3, -0.25) is 4.79 Å². The maximum absolute atomic E-state index is 12.7. The fourth-order valence-corrected chi connectivity index (χ4v) is 0.998. The molecule has 0 saturated carbocycles. The van der Waals surface area contributed by atoms with Gasteiger partial charge < -0.3 is 11.1 Å². The first-order valence-electron chi connectivity index (χ1n) is 4.50. The summed E-state index contributed by atoms with van der Waals surface area (Å²) in [6.07, 6.45) is 0. The van der Waals surface area contributed by atoms with Crippen molar-refractivity contribution in [3.63, 3.8) is 0 Å². The van der Waals surface area contributed by atoms with Gasteiger partial charge in [0.05, 0.1) is 0 Å². The molecule has 6 heteroatoms. The Morgan fingerprint density at radius 2 is 1.88 bits per heavy atom. The third-order valence-electron chi connectivity index (χ3n) is 1.93. The van der Waals surface area contributed by atoms with Crippen molar-refractivity contribution in [3.05, 3.63) is 29.8 Å². The summed E-state index contributed by atoms with van der Waals surface area (Å²) < 4.78 is 25.5. The molecular weight excluding hydrogens is 238 g/mol. The van der Waals surface area contributed by atoms with Crippen LogP contribution in [0.15, 0.2) is 18.2 Å². The standard InChI is InChI=1S/C10H12F2N2O.ClH/c1-6(5-13)10(15)14-9-3-7(11)2-8(12)4-9;/h2-4,6H,5,13H2,1H3,(H,14,15);1H. The second-order valence-corrected chi connectivity index (χ2v) is 3.28. The Morgan fingerprint density at radius 3 is 2.31 bits per heavy atom. The number of hydrogen-bond donors (Lipinski definition) is 2. The first-order chi connectivity index (χ1) is 7.02. The number of nitrogens with two attached hydrogens (primary N) is 1. The van der Waals surface area contributed by atoms with E-state index in [0.29, 0.717) is 0 Å². The van der Waals surface area contributed by atoms with Gasteiger partial charge in [0.1, 0.15) is 11.6 Å². The van der Waals surface area contributed by atoms with Crippen molar-refractivity contribution in [2.24, 2.45) is 11.7 Å². The molecule has 1 aromatic carbocycles. The van der Waals surface area contributed by atoms with Crippen LogP contribution >= 0.6 is 12.4 Å². The summed E-state index contributed by atoms with van der Waals surface area (Å²) in [4.78, 5) is 11.3. The molecule has 1 atom stereocenters. The molecule has 0 spiro atoms. The Bertz CT molecular complexity index is 354. The number of amides is 1. The van der Waals surface area contributed by atoms with Crippen LogP contribution in [-0.2, 0) is 4.79 Å². The van der Waals surface area contributed by atoms with Crippen LogP contribution in [0, 0.1) is 17.6 Å². The van der Waals surface area contributed by atoms with Crippen LogP contribution in [0.5, 0.6) is 0 Å². The molecule has 0 aliphatic carbocycles. The van der Waals surface area contributed by atoms with E-state index in [-0.39, 0.29) is 30.5 Å². The Kier molecular flexibility index (Phi) is 5.92. The van der Waals surface area contributed by atoms with E-state index in [4.69, 9.17) is 5.73 Å². The van der Waals surface area contributed by atoms with Gasteiger partial charge >= 0.3 is 0 Å². The molecule has 3 N–H and O–H groups in total. The molecule has 90 valence electrons. The van der Waals surface area contributed by atoms with Crippen LogP contribution in [0.3, 0.4) is 0 Å². The zero-order chi connectivity index (χ0) is 11.4. The summed E-state index contributed by atoms with van der Waals surface area (Å²) in [5, 5.41) is 2.38. The van der Waals surface area contributed by atoms with Gasteiger partial charge in [0.25, 0.3) is 0 Å². The molecular formula is C10H13ClF2N2O. The highest BCUT2D eigenvalue weighted by atomic mass is 35.5. The SMILES string of the molecule is CC(CN)C(=O)Nc1cc(F)cc(F)c1.Cl. The third kappa shape index (κ3) is 4.12. The minimum absolute atomic E-state index is 0. The second-order valence-electron chi connectivity index (χ2n) is 3.28. The lowest BCUT2D eigenvalue weighted by atomic mass is 10.1. The van der Waals surface area contributed by atoms with Gasteiger partial charge in [-0.05, 0) is 12.1 Å². The number of carbonyl (C=O) groups is 1. The van der Waals surface area contributed by atoms with Crippen LogP contribution < -0.4 is 11.1 Å². The molecule has 0 bridgehead atoms. The second kappa shape index (κ2) is 6.40. The zero-order valence-corrected chi connectivity index (χ0v) is 9.48. The van der Waals surface area contributed by atoms with Crippen molar-refractivity contribution in [2.45, 2.75) is 6.92 Å². The number of carbonyl (C=O) groups excluding carboxylic acids is 1. The summed E-state index contributed by atoms with van der Waals surface area (Å²) >= 11 is 0. The predicted octanol–water partition coefficient (Wildman–Crippen LogP) is 1.92. The zero-order valence-electron chi connectivity index (χ0n) is 8.67. The average molecular weight is 251 g/mol. The number of anilines is 1. The van der Waals surface area contributed by atoms with Gasteiger partial charge in [-0.2, -0.15) is 0 Å². The van der Waals surface area contributed by atoms with Crippen LogP contribution in [0.25, 0.3) is 0 Å². The maximum Gasteiger partial charge on any atom is 0.228 e. The van der Waals surface area contributed by atoms with E-state index in [1.165, 1.54) is 0 Å². The summed E-state index contributed by atoms with van der Waals surface area (Å²) in [5.41, 5.74) is 5.37. The highest BCUT2D eigenvalue weighted by Gasteiger charge is 2.11. The molecule has 1 rings (SSSR count). The minimum Gasteiger partial charge on any atom is -0.330 e. The molecule has 3 nitrogen and oxygen atoms in total. The monoisotopic (exact) mass is 250 g/mol. The van der Waals surface area contributed by atoms with E-state index in [2.05, 4.69) is 5.32 Å². The maximum atomic E-state index is 12.7. The quantitative estimate of drug-likeness (QED) is 0.861. The molecule has 0 heterocycles. The molecule has 0 aliphatic rings. The number of rotatable bonds is 3. The summed E-state index contributed by atoms with van der Waals surface area (Å²) in [6, 6.07) is 2.83. The van der Waals surface area contributed by atoms with Crippen molar-refractivity contribution < 1.29 is 13.6 Å². The number of halogens is 3. The molecule has 0 fully saturated rings. The Labute approximate surface area is 98.4 Å². The lowest BCUT2D eigenvalue weighted by Gasteiger charge is -2.09. The van der Waals surface area contributed by atoms with E-state index in [1.54, 1.807) is 6.92 Å². The van der Waals surface area contributed by atoms with Crippen molar-refractivity contribution in [1.29, 1.82) is 0 Å². The van der Waals surface area contributed by atoms with Gasteiger partial charge in [-0.25, -0.2) is 8.78 Å². The summed E-state index contributed by atoms with van der Waals surface area (Å²) in [7, 11) is 0. The molecule has 0 aliphatic heterocycles. The highest BCUT2D eigenvalue weighted by molar-refractivity contribution is 5.92. The van der Waals surface area contributed by atoms with Crippen molar-refractivity contribution in [2.75, 3.05) is 11.9 Å². The third-order valence-corrected chi connectivity index (χ3v) is 1.93. The first-order valence-corrected chi connectivity index (χ1v) is 4.50. The fraction of sp³-hybridized carbons (Fsp3) is 0.300. The Morgan fingerprint density at radius 1 is 1.38 bits per heavy atom. The molecule has 1 aromatic rings. The smallest absolute Gasteiger partial charge is 0.228 e. The highest BCUT2D eigenvalue weighted by Crippen LogP contribution is 2.13. The van der Waals surface area contributed by atoms with E-state index in [1.807, 2.05) is 0 Å². The fourth-order valence-electron chi connectivity index (χ4n) is 0.998. The predicted molar refractivity (Wildman–Crippen MR) is 60.5 cm³/mol. The average Bonchev–Trinajstić information content (AvgIpc) is 2.14. The van der Waals surface area contributed by atoms with Crippen molar-refractivity contribution >= 4 is 24.0 Å². The van der Waals surface area contributed by atoms with Crippen LogP contribution in [-0.4, -0.2) is 12.5 Å². The van der Waals surface area contributed by atoms with Crippen LogP contribution in [0.2, 0.25) is 0 Å². The first kappa shape index (κ1) is 14.8. The van der Waals surface area contributed by atoms with Crippen LogP contribution in [0.4, 0.5) is 14.5 Å². The minimum atomic E-state index is -0.731. The van der Waals surface area contributed by atoms with Crippen molar-refractivity contribution in [1.82, 2.24) is 0 Å². The Balaban J connectivity index is 0.00000225. The van der Waals surface area contributed by atoms with Gasteiger partial charge in [0, 0.05) is 24.2 Å². The molecule has 0 radical (unpaired) electrons. The molecule has 1 amide bonds. The van der Waals surface area contributed by atoms with Gasteiger partial charge in [-0.1, -0.05) is 6.92 Å². The number of hydrogen-bond acceptors (Lipinski definition) is 2. The molecule has 16 heavy (non-hydrogen) atoms. The Hall–Kier alpha value is -1.20. The van der Waals surface area contributed by atoms with Crippen molar-refractivity contribution in [3.8, 4) is 0 Å². The summed E-state index contributed by atoms with van der Waals surface area (Å²) in [5.74, 6) is -2.21. The van der Waals surface area contributed by atoms with Crippen LogP contribution in [0.1, 0.15) is 6.92 Å². The molecule has 1 unspecified atom stereocenters. The van der Waals surface area contributed by atoms with Gasteiger partial charge in [0.15, 0.2) is 0 Å². The number of nitrogens with one attached hydrogen (secondary N) is 1. The van der Waals surface area contributed by atoms with E-state index < -0.39 is 17.6 Å². The normalized spacial score (nSPS) is 11.5. The van der Waals surface area contributed by atoms with E-state index in [0.717, 1.165) is 18.2 Å². The molecule has 0 saturated heterocycles. The lowest BCUT2D eigenvalue weighted by molar-refractivity contribution is -0.119. The number of benzene rings is 1. The largest absolute Gasteiger partial charge is 0.330 e. The topological polar surface area (TPSA) is 55.1 Å². The van der Waals surface area contributed by atoms with E-state index in [9.17, 15) is 13.6 Å². The molecule has 0 aromatic heterocycles. The van der Waals surface area contributed by atoms with Gasteiger partial charge in [0.2, 0.25) is 5.91 Å². The van der Waals surface area contributed by atoms with Gasteiger partial charge in [-0.15, -0.1) is 12.4 Å². The lowest BCUT2D eigenvalue weighted by Crippen LogP contribution is -2.26. The summed E-state index contributed by atoms with van der Waals surface area (Å²) in [6.45, 7) is 1.81. The van der Waals surface area contributed by atoms with E-state index >= 15 is 0 Å².